The maximum Gasteiger partial charge on any atom is 0.155 e. The number of fused-ring (bicyclic) bond motifs is 1. The lowest BCUT2D eigenvalue weighted by molar-refractivity contribution is 0.566. The maximum absolute atomic E-state index is 6.32. The summed E-state index contributed by atoms with van der Waals surface area (Å²) in [5.41, 5.74) is 6.84. The number of aromatic nitrogens is 1. The number of furan rings is 1. The van der Waals surface area contributed by atoms with Gasteiger partial charge in [0.25, 0.3) is 0 Å². The SMILES string of the molecule is C=Cc1oc(-c2c(C)c3ccccc3n2-c2ccccc2)c(C)c1/C=C\C.CC. The Balaban J connectivity index is 0.00000117. The van der Waals surface area contributed by atoms with Crippen molar-refractivity contribution in [3.05, 3.63) is 89.7 Å². The van der Waals surface area contributed by atoms with Crippen LogP contribution >= 0.6 is 0 Å². The number of rotatable bonds is 4. The quantitative estimate of drug-likeness (QED) is 0.347. The van der Waals surface area contributed by atoms with Crippen molar-refractivity contribution in [1.29, 1.82) is 0 Å². The van der Waals surface area contributed by atoms with E-state index in [2.05, 4.69) is 79.6 Å². The van der Waals surface area contributed by atoms with E-state index in [1.165, 1.54) is 16.5 Å². The molecule has 0 atom stereocenters. The largest absolute Gasteiger partial charge is 0.454 e. The molecule has 0 amide bonds. The summed E-state index contributed by atoms with van der Waals surface area (Å²) in [4.78, 5) is 0. The van der Waals surface area contributed by atoms with Crippen LogP contribution in [-0.2, 0) is 0 Å². The van der Waals surface area contributed by atoms with Crippen molar-refractivity contribution >= 4 is 23.1 Å². The molecule has 0 N–H and O–H groups in total. The highest BCUT2D eigenvalue weighted by Gasteiger charge is 2.23. The molecule has 4 rings (SSSR count). The van der Waals surface area contributed by atoms with E-state index in [0.29, 0.717) is 0 Å². The molecule has 0 bridgehead atoms. The molecule has 0 unspecified atom stereocenters. The molecule has 0 aliphatic heterocycles. The third-order valence-electron chi connectivity index (χ3n) is 5.10. The van der Waals surface area contributed by atoms with Crippen molar-refractivity contribution in [2.75, 3.05) is 0 Å². The minimum Gasteiger partial charge on any atom is -0.454 e. The number of benzene rings is 2. The molecule has 0 radical (unpaired) electrons. The minimum atomic E-state index is 0.810. The molecule has 0 aliphatic rings. The smallest absolute Gasteiger partial charge is 0.155 e. The van der Waals surface area contributed by atoms with Crippen molar-refractivity contribution in [3.8, 4) is 17.1 Å². The van der Waals surface area contributed by atoms with E-state index >= 15 is 0 Å². The first kappa shape index (κ1) is 20.5. The lowest BCUT2D eigenvalue weighted by Crippen LogP contribution is -1.97. The van der Waals surface area contributed by atoms with E-state index in [4.69, 9.17) is 4.42 Å². The highest BCUT2D eigenvalue weighted by atomic mass is 16.3. The predicted molar refractivity (Wildman–Crippen MR) is 127 cm³/mol. The maximum atomic E-state index is 6.32. The summed E-state index contributed by atoms with van der Waals surface area (Å²) in [6.45, 7) is 14.2. The van der Waals surface area contributed by atoms with Crippen LogP contribution in [0, 0.1) is 13.8 Å². The van der Waals surface area contributed by atoms with Crippen LogP contribution in [0.25, 0.3) is 40.2 Å². The monoisotopic (exact) mass is 383 g/mol. The van der Waals surface area contributed by atoms with E-state index in [9.17, 15) is 0 Å². The lowest BCUT2D eigenvalue weighted by Gasteiger charge is -2.11. The third kappa shape index (κ3) is 3.47. The Morgan fingerprint density at radius 2 is 1.55 bits per heavy atom. The van der Waals surface area contributed by atoms with E-state index < -0.39 is 0 Å². The Labute approximate surface area is 173 Å². The second kappa shape index (κ2) is 8.83. The first-order valence-corrected chi connectivity index (χ1v) is 10.2. The Morgan fingerprint density at radius 3 is 2.21 bits per heavy atom. The standard InChI is InChI=1S/C25H23NO.C2H6/c1-5-12-21-18(4)25(27-23(21)6-2)24-17(3)20-15-10-11-16-22(20)26(24)19-13-8-7-9-14-19;1-2/h5-16H,2H2,1,3-4H3;1-2H3/b12-5-;. The molecule has 0 spiro atoms. The molecule has 0 aliphatic carbocycles. The Kier molecular flexibility index (Phi) is 6.23. The van der Waals surface area contributed by atoms with Crippen LogP contribution in [0.2, 0.25) is 0 Å². The summed E-state index contributed by atoms with van der Waals surface area (Å²) in [5, 5.41) is 1.24. The highest BCUT2D eigenvalue weighted by molar-refractivity contribution is 5.93. The number of allylic oxidation sites excluding steroid dienone is 1. The van der Waals surface area contributed by atoms with Crippen molar-refractivity contribution in [2.45, 2.75) is 34.6 Å². The molecule has 0 saturated carbocycles. The number of hydrogen-bond acceptors (Lipinski definition) is 1. The van der Waals surface area contributed by atoms with Gasteiger partial charge in [0.2, 0.25) is 0 Å². The Bertz CT molecular complexity index is 1160. The predicted octanol–water partition coefficient (Wildman–Crippen LogP) is 8.21. The van der Waals surface area contributed by atoms with Gasteiger partial charge in [0.15, 0.2) is 5.76 Å². The van der Waals surface area contributed by atoms with Gasteiger partial charge < -0.3 is 8.98 Å². The van der Waals surface area contributed by atoms with Crippen molar-refractivity contribution in [3.63, 3.8) is 0 Å². The Morgan fingerprint density at radius 1 is 0.897 bits per heavy atom. The van der Waals surface area contributed by atoms with E-state index in [1.54, 1.807) is 6.08 Å². The third-order valence-corrected chi connectivity index (χ3v) is 5.10. The fraction of sp³-hybridized carbons (Fsp3) is 0.185. The van der Waals surface area contributed by atoms with Gasteiger partial charge in [-0.1, -0.05) is 69.0 Å². The molecular weight excluding hydrogens is 354 g/mol. The highest BCUT2D eigenvalue weighted by Crippen LogP contribution is 2.40. The molecule has 2 aromatic heterocycles. The van der Waals surface area contributed by atoms with Crippen LogP contribution in [0.3, 0.4) is 0 Å². The first-order chi connectivity index (χ1) is 14.2. The van der Waals surface area contributed by atoms with Crippen LogP contribution in [0.15, 0.2) is 71.7 Å². The number of nitrogens with zero attached hydrogens (tertiary/aromatic N) is 1. The summed E-state index contributed by atoms with van der Waals surface area (Å²) in [7, 11) is 0. The van der Waals surface area contributed by atoms with Crippen molar-refractivity contribution in [1.82, 2.24) is 4.57 Å². The van der Waals surface area contributed by atoms with Crippen LogP contribution in [0.1, 0.15) is 43.2 Å². The topological polar surface area (TPSA) is 18.1 Å². The second-order valence-corrected chi connectivity index (χ2v) is 6.70. The van der Waals surface area contributed by atoms with Crippen LogP contribution in [0.4, 0.5) is 0 Å². The number of hydrogen-bond donors (Lipinski definition) is 0. The van der Waals surface area contributed by atoms with Crippen LogP contribution in [-0.4, -0.2) is 4.57 Å². The molecule has 2 heterocycles. The lowest BCUT2D eigenvalue weighted by atomic mass is 10.1. The zero-order chi connectivity index (χ0) is 21.0. The van der Waals surface area contributed by atoms with Crippen LogP contribution < -0.4 is 0 Å². The molecule has 148 valence electrons. The van der Waals surface area contributed by atoms with Gasteiger partial charge in [0.1, 0.15) is 5.76 Å². The summed E-state index contributed by atoms with van der Waals surface area (Å²) in [5.74, 6) is 1.71. The Hall–Kier alpha value is -3.26. The zero-order valence-corrected chi connectivity index (χ0v) is 18.0. The summed E-state index contributed by atoms with van der Waals surface area (Å²) in [6, 6.07) is 19.0. The summed E-state index contributed by atoms with van der Waals surface area (Å²) in [6.07, 6.45) is 5.91. The minimum absolute atomic E-state index is 0.810. The van der Waals surface area contributed by atoms with E-state index in [1.807, 2.05) is 32.9 Å². The average molecular weight is 384 g/mol. The van der Waals surface area contributed by atoms with Gasteiger partial charge in [0, 0.05) is 22.2 Å². The second-order valence-electron chi connectivity index (χ2n) is 6.70. The molecular formula is C27H29NO. The summed E-state index contributed by atoms with van der Waals surface area (Å²) >= 11 is 0. The van der Waals surface area contributed by atoms with Gasteiger partial charge in [-0.25, -0.2) is 0 Å². The fourth-order valence-electron chi connectivity index (χ4n) is 3.82. The normalized spacial score (nSPS) is 10.9. The van der Waals surface area contributed by atoms with Gasteiger partial charge in [-0.3, -0.25) is 0 Å². The van der Waals surface area contributed by atoms with Crippen LogP contribution in [0.5, 0.6) is 0 Å². The van der Waals surface area contributed by atoms with E-state index in [-0.39, 0.29) is 0 Å². The van der Waals surface area contributed by atoms with Crippen molar-refractivity contribution < 1.29 is 4.42 Å². The zero-order valence-electron chi connectivity index (χ0n) is 18.0. The molecule has 2 nitrogen and oxygen atoms in total. The van der Waals surface area contributed by atoms with Gasteiger partial charge in [0.05, 0.1) is 11.2 Å². The van der Waals surface area contributed by atoms with Gasteiger partial charge in [-0.2, -0.15) is 0 Å². The number of aryl methyl sites for hydroxylation is 1. The van der Waals surface area contributed by atoms with Crippen molar-refractivity contribution in [2.24, 2.45) is 0 Å². The fourth-order valence-corrected chi connectivity index (χ4v) is 3.82. The summed E-state index contributed by atoms with van der Waals surface area (Å²) < 4.78 is 8.61. The van der Waals surface area contributed by atoms with Gasteiger partial charge >= 0.3 is 0 Å². The van der Waals surface area contributed by atoms with Gasteiger partial charge in [-0.15, -0.1) is 0 Å². The first-order valence-electron chi connectivity index (χ1n) is 10.2. The molecule has 29 heavy (non-hydrogen) atoms. The molecule has 0 saturated heterocycles. The molecule has 4 aromatic rings. The van der Waals surface area contributed by atoms with Gasteiger partial charge in [-0.05, 0) is 50.6 Å². The average Bonchev–Trinajstić information content (AvgIpc) is 3.24. The number of para-hydroxylation sites is 2. The molecule has 2 heteroatoms. The molecule has 0 fully saturated rings. The molecule has 2 aromatic carbocycles. The van der Waals surface area contributed by atoms with E-state index in [0.717, 1.165) is 34.0 Å².